The van der Waals surface area contributed by atoms with Gasteiger partial charge >= 0.3 is 68.6 Å². The minimum atomic E-state index is 0. The Labute approximate surface area is 94.3 Å². The molecule has 0 aromatic heterocycles. The van der Waals surface area contributed by atoms with Crippen LogP contribution < -0.4 is 0 Å². The molecule has 0 spiro atoms. The van der Waals surface area contributed by atoms with E-state index in [2.05, 4.69) is 0 Å². The van der Waals surface area contributed by atoms with E-state index in [4.69, 9.17) is 0 Å². The van der Waals surface area contributed by atoms with Crippen molar-refractivity contribution < 1.29 is 27.7 Å². The Morgan fingerprint density at radius 3 is 1.00 bits per heavy atom. The third-order valence-electron chi connectivity index (χ3n) is 0. The summed E-state index contributed by atoms with van der Waals surface area (Å²) in [5.74, 6) is 0. The number of hydrogen-bond acceptors (Lipinski definition) is 0. The van der Waals surface area contributed by atoms with Crippen molar-refractivity contribution in [2.75, 3.05) is 0 Å². The van der Waals surface area contributed by atoms with Crippen LogP contribution in [0.2, 0.25) is 0 Å². The second-order valence-electron chi connectivity index (χ2n) is 0. The van der Waals surface area contributed by atoms with Crippen LogP contribution in [0.25, 0.3) is 0 Å². The van der Waals surface area contributed by atoms with Gasteiger partial charge < -0.3 is 0 Å². The second kappa shape index (κ2) is 16.4. The number of rotatable bonds is 0. The van der Waals surface area contributed by atoms with Crippen molar-refractivity contribution in [2.45, 2.75) is 0 Å². The molecule has 1 unspecified atom stereocenters. The van der Waals surface area contributed by atoms with Gasteiger partial charge in [-0.3, -0.25) is 0 Å². The van der Waals surface area contributed by atoms with Crippen LogP contribution in [0, 0.1) is 0 Å². The molecule has 0 aliphatic heterocycles. The van der Waals surface area contributed by atoms with Crippen molar-refractivity contribution in [3.05, 3.63) is 0 Å². The van der Waals surface area contributed by atoms with Crippen LogP contribution in [0.1, 0.15) is 0 Å². The zero-order valence-corrected chi connectivity index (χ0v) is 20.8. The van der Waals surface area contributed by atoms with Crippen molar-refractivity contribution in [3.8, 4) is 0 Å². The molecular formula is H9AsBiHgSb. The van der Waals surface area contributed by atoms with E-state index in [1.807, 2.05) is 0 Å². The van der Waals surface area contributed by atoms with Gasteiger partial charge in [-0.2, -0.15) is 0 Å². The summed E-state index contributed by atoms with van der Waals surface area (Å²) in [7, 11) is 0. The third kappa shape index (κ3) is 8.96. The molecule has 26 valence electrons. The first-order valence-electron chi connectivity index (χ1n) is 0. The summed E-state index contributed by atoms with van der Waals surface area (Å²) in [5, 5.41) is 0. The van der Waals surface area contributed by atoms with E-state index in [9.17, 15) is 0 Å². The molecule has 0 fully saturated rings. The number of hydrogen-bond donors (Lipinski definition) is 0. The maximum absolute atomic E-state index is 0. The van der Waals surface area contributed by atoms with Crippen LogP contribution in [0.15, 0.2) is 0 Å². The van der Waals surface area contributed by atoms with E-state index in [-0.39, 0.29) is 96.3 Å². The van der Waals surface area contributed by atoms with E-state index >= 15 is 0 Å². The molecule has 4 heteroatoms. The molecule has 0 saturated carbocycles. The summed E-state index contributed by atoms with van der Waals surface area (Å²) in [4.78, 5) is 0. The van der Waals surface area contributed by atoms with Gasteiger partial charge in [-0.05, 0) is 0 Å². The molecule has 0 aromatic rings. The summed E-state index contributed by atoms with van der Waals surface area (Å²) in [6.07, 6.45) is 0. The average Bonchev–Trinajstić information content (AvgIpc) is 0. The summed E-state index contributed by atoms with van der Waals surface area (Å²) in [6, 6.07) is 0. The van der Waals surface area contributed by atoms with Crippen LogP contribution in [-0.2, 0) is 27.7 Å². The van der Waals surface area contributed by atoms with Gasteiger partial charge in [0.05, 0.1) is 0 Å². The van der Waals surface area contributed by atoms with Gasteiger partial charge in [0.2, 0.25) is 0 Å². The van der Waals surface area contributed by atoms with E-state index < -0.39 is 0 Å². The minimum absolute atomic E-state index is 0. The third-order valence-corrected chi connectivity index (χ3v) is 0. The van der Waals surface area contributed by atoms with Crippen LogP contribution >= 0.6 is 0 Å². The Kier molecular flexibility index (Phi) is 111. The molecule has 4 heavy (non-hydrogen) atoms. The molecule has 0 amide bonds. The SMILES string of the molecule is [AsH3].[BiH3].[Hg].[SbH3]. The van der Waals surface area contributed by atoms with E-state index in [0.29, 0.717) is 0 Å². The molecule has 0 aliphatic rings. The Morgan fingerprint density at radius 1 is 1.00 bits per heavy atom. The van der Waals surface area contributed by atoms with Crippen LogP contribution in [0.4, 0.5) is 0 Å². The maximum atomic E-state index is 0. The van der Waals surface area contributed by atoms with Gasteiger partial charge in [-0.1, -0.05) is 0 Å². The van der Waals surface area contributed by atoms with Gasteiger partial charge in [-0.25, -0.2) is 0 Å². The van der Waals surface area contributed by atoms with Gasteiger partial charge in [0.1, 0.15) is 0 Å². The summed E-state index contributed by atoms with van der Waals surface area (Å²) in [5.41, 5.74) is 0. The molecular weight excluding hydrogens is 606 g/mol. The van der Waals surface area contributed by atoms with Crippen molar-refractivity contribution in [1.82, 2.24) is 0 Å². The zero-order chi connectivity index (χ0) is 0. The Balaban J connectivity index is 0. The molecule has 0 nitrogen and oxygen atoms in total. The molecule has 0 N–H and O–H groups in total. The predicted molar refractivity (Wildman–Crippen MR) is 29.8 cm³/mol. The zero-order valence-electron chi connectivity index (χ0n) is 2.83. The molecule has 1 atom stereocenters. The monoisotopic (exact) mass is 616 g/mol. The fraction of sp³-hybridized carbons (Fsp3) is 0. The van der Waals surface area contributed by atoms with Gasteiger partial charge in [0, 0.05) is 27.7 Å². The Hall–Kier alpha value is 3.19. The summed E-state index contributed by atoms with van der Waals surface area (Å²) < 4.78 is 0. The topological polar surface area (TPSA) is 0 Å². The first kappa shape index (κ1) is 27.1. The molecule has 0 radical (unpaired) electrons. The van der Waals surface area contributed by atoms with Gasteiger partial charge in [0.25, 0.3) is 0 Å². The molecule has 0 aromatic carbocycles. The van der Waals surface area contributed by atoms with Crippen molar-refractivity contribution >= 4 is 68.6 Å². The Morgan fingerprint density at radius 2 is 1.00 bits per heavy atom. The molecule has 0 rings (SSSR count). The Bertz CT molecular complexity index is 8.00. The quantitative estimate of drug-likeness (QED) is 0.248. The molecule has 0 aliphatic carbocycles. The molecule has 0 bridgehead atoms. The fourth-order valence-corrected chi connectivity index (χ4v) is 0. The standard InChI is InChI=1S/AsH3.Bi.Hg.Sb.6H/h1H3;;;;;;;;;. The van der Waals surface area contributed by atoms with Crippen molar-refractivity contribution in [1.29, 1.82) is 0 Å². The molecule has 0 saturated heterocycles. The first-order chi connectivity index (χ1) is 0. The van der Waals surface area contributed by atoms with Crippen molar-refractivity contribution in [3.63, 3.8) is 0 Å². The first-order valence-corrected chi connectivity index (χ1v) is 0. The summed E-state index contributed by atoms with van der Waals surface area (Å²) >= 11 is 0. The normalized spacial score (nSPS) is 0. The van der Waals surface area contributed by atoms with Crippen LogP contribution in [-0.4, -0.2) is 68.6 Å². The van der Waals surface area contributed by atoms with Crippen molar-refractivity contribution in [2.24, 2.45) is 0 Å². The fourth-order valence-electron chi connectivity index (χ4n) is 0. The predicted octanol–water partition coefficient (Wildman–Crippen LogP) is -3.55. The second-order valence-corrected chi connectivity index (χ2v) is 0. The summed E-state index contributed by atoms with van der Waals surface area (Å²) in [6.45, 7) is 0. The van der Waals surface area contributed by atoms with E-state index in [0.717, 1.165) is 0 Å². The van der Waals surface area contributed by atoms with E-state index in [1.165, 1.54) is 0 Å². The molecule has 0 heterocycles. The van der Waals surface area contributed by atoms with Gasteiger partial charge in [-0.15, -0.1) is 0 Å². The van der Waals surface area contributed by atoms with Crippen LogP contribution in [0.5, 0.6) is 0 Å². The van der Waals surface area contributed by atoms with Gasteiger partial charge in [0.15, 0.2) is 0 Å². The van der Waals surface area contributed by atoms with Crippen LogP contribution in [0.3, 0.4) is 0 Å². The average molecular weight is 615 g/mol. The van der Waals surface area contributed by atoms with E-state index in [1.54, 1.807) is 0 Å².